The van der Waals surface area contributed by atoms with E-state index in [0.717, 1.165) is 0 Å². The van der Waals surface area contributed by atoms with Gasteiger partial charge in [0.1, 0.15) is 5.56 Å². The van der Waals surface area contributed by atoms with Crippen molar-refractivity contribution in [1.29, 1.82) is 0 Å². The van der Waals surface area contributed by atoms with Crippen LogP contribution in [0.3, 0.4) is 0 Å². The Morgan fingerprint density at radius 1 is 1.38 bits per heavy atom. The molecule has 0 saturated heterocycles. The Labute approximate surface area is 92.7 Å². The second-order valence-electron chi connectivity index (χ2n) is 3.09. The first-order valence-corrected chi connectivity index (χ1v) is 4.74. The number of hydrogen-bond donors (Lipinski definition) is 1. The third-order valence-electron chi connectivity index (χ3n) is 2.05. The van der Waals surface area contributed by atoms with E-state index in [1.807, 2.05) is 24.5 Å². The van der Waals surface area contributed by atoms with Gasteiger partial charge in [-0.15, -0.1) is 0 Å². The second-order valence-corrected chi connectivity index (χ2v) is 3.09. The van der Waals surface area contributed by atoms with E-state index in [2.05, 4.69) is 15.1 Å². The number of carbonyl (C=O) groups excluding carboxylic acids is 1. The smallest absolute Gasteiger partial charge is 0.341 e. The number of hydrogen-bond acceptors (Lipinski definition) is 4. The van der Waals surface area contributed by atoms with E-state index in [1.54, 1.807) is 23.0 Å². The first kappa shape index (κ1) is 10.2. The monoisotopic (exact) mass is 217 g/mol. The Kier molecular flexibility index (Phi) is 2.86. The number of rotatable bonds is 3. The Morgan fingerprint density at radius 2 is 2.12 bits per heavy atom. The predicted octanol–water partition coefficient (Wildman–Crippen LogP) is 1.54. The summed E-state index contributed by atoms with van der Waals surface area (Å²) in [5, 5.41) is 0. The zero-order chi connectivity index (χ0) is 11.4. The van der Waals surface area contributed by atoms with Gasteiger partial charge in [0.15, 0.2) is 5.82 Å². The number of aromatic nitrogens is 2. The SMILES string of the molecule is COC(=O)c1cccnc1Nn1cccc1. The van der Waals surface area contributed by atoms with Gasteiger partial charge in [0.05, 0.1) is 7.11 Å². The predicted molar refractivity (Wildman–Crippen MR) is 59.0 cm³/mol. The van der Waals surface area contributed by atoms with E-state index >= 15 is 0 Å². The van der Waals surface area contributed by atoms with E-state index in [4.69, 9.17) is 0 Å². The first-order chi connectivity index (χ1) is 7.81. The van der Waals surface area contributed by atoms with Crippen molar-refractivity contribution in [3.05, 3.63) is 48.4 Å². The number of nitrogens with one attached hydrogen (secondary N) is 1. The lowest BCUT2D eigenvalue weighted by atomic mass is 10.2. The van der Waals surface area contributed by atoms with Gasteiger partial charge in [-0.2, -0.15) is 0 Å². The Balaban J connectivity index is 2.30. The lowest BCUT2D eigenvalue weighted by molar-refractivity contribution is 0.0601. The van der Waals surface area contributed by atoms with Crippen molar-refractivity contribution in [1.82, 2.24) is 9.66 Å². The largest absolute Gasteiger partial charge is 0.465 e. The molecule has 5 nitrogen and oxygen atoms in total. The quantitative estimate of drug-likeness (QED) is 0.792. The molecule has 0 aliphatic rings. The summed E-state index contributed by atoms with van der Waals surface area (Å²) in [7, 11) is 1.34. The molecule has 0 atom stereocenters. The average molecular weight is 217 g/mol. The summed E-state index contributed by atoms with van der Waals surface area (Å²) in [4.78, 5) is 15.5. The molecule has 0 unspecified atom stereocenters. The van der Waals surface area contributed by atoms with Crippen LogP contribution in [-0.4, -0.2) is 22.7 Å². The molecule has 0 fully saturated rings. The van der Waals surface area contributed by atoms with Crippen LogP contribution < -0.4 is 5.43 Å². The molecule has 0 radical (unpaired) electrons. The van der Waals surface area contributed by atoms with Crippen LogP contribution in [0.4, 0.5) is 5.82 Å². The third kappa shape index (κ3) is 2.03. The maximum Gasteiger partial charge on any atom is 0.341 e. The fourth-order valence-electron chi connectivity index (χ4n) is 1.30. The van der Waals surface area contributed by atoms with Crippen molar-refractivity contribution in [2.45, 2.75) is 0 Å². The van der Waals surface area contributed by atoms with E-state index < -0.39 is 5.97 Å². The molecule has 16 heavy (non-hydrogen) atoms. The van der Waals surface area contributed by atoms with Gasteiger partial charge in [-0.05, 0) is 24.3 Å². The van der Waals surface area contributed by atoms with Crippen LogP contribution in [0.2, 0.25) is 0 Å². The number of methoxy groups -OCH3 is 1. The van der Waals surface area contributed by atoms with Crippen LogP contribution in [0, 0.1) is 0 Å². The molecular weight excluding hydrogens is 206 g/mol. The van der Waals surface area contributed by atoms with Gasteiger partial charge < -0.3 is 4.74 Å². The number of anilines is 1. The molecule has 82 valence electrons. The van der Waals surface area contributed by atoms with Crippen LogP contribution in [0.5, 0.6) is 0 Å². The molecule has 2 rings (SSSR count). The van der Waals surface area contributed by atoms with Crippen LogP contribution in [0.1, 0.15) is 10.4 Å². The van der Waals surface area contributed by atoms with Gasteiger partial charge in [-0.25, -0.2) is 9.78 Å². The van der Waals surface area contributed by atoms with Crippen molar-refractivity contribution in [2.24, 2.45) is 0 Å². The molecule has 1 N–H and O–H groups in total. The highest BCUT2D eigenvalue weighted by atomic mass is 16.5. The zero-order valence-electron chi connectivity index (χ0n) is 8.75. The number of ether oxygens (including phenoxy) is 1. The maximum atomic E-state index is 11.5. The van der Waals surface area contributed by atoms with Gasteiger partial charge in [0, 0.05) is 18.6 Å². The Bertz CT molecular complexity index is 480. The van der Waals surface area contributed by atoms with Crippen LogP contribution in [-0.2, 0) is 4.74 Å². The first-order valence-electron chi connectivity index (χ1n) is 4.74. The van der Waals surface area contributed by atoms with Gasteiger partial charge in [0.25, 0.3) is 0 Å². The third-order valence-corrected chi connectivity index (χ3v) is 2.05. The minimum atomic E-state index is -0.414. The zero-order valence-corrected chi connectivity index (χ0v) is 8.75. The van der Waals surface area contributed by atoms with Crippen LogP contribution in [0.25, 0.3) is 0 Å². The molecule has 0 spiro atoms. The molecule has 5 heteroatoms. The summed E-state index contributed by atoms with van der Waals surface area (Å²) in [6, 6.07) is 7.08. The van der Waals surface area contributed by atoms with Crippen LogP contribution in [0.15, 0.2) is 42.9 Å². The Morgan fingerprint density at radius 3 is 2.81 bits per heavy atom. The summed E-state index contributed by atoms with van der Waals surface area (Å²) in [5.74, 6) is 0.0494. The van der Waals surface area contributed by atoms with E-state index in [1.165, 1.54) is 7.11 Å². The molecule has 0 aromatic carbocycles. The molecule has 2 heterocycles. The van der Waals surface area contributed by atoms with Crippen LogP contribution >= 0.6 is 0 Å². The summed E-state index contributed by atoms with van der Waals surface area (Å²) in [6.07, 6.45) is 5.24. The molecule has 0 aliphatic carbocycles. The average Bonchev–Trinajstić information content (AvgIpc) is 2.82. The topological polar surface area (TPSA) is 56.1 Å². The number of pyridine rings is 1. The van der Waals surface area contributed by atoms with Gasteiger partial charge in [-0.3, -0.25) is 10.1 Å². The molecule has 0 aliphatic heterocycles. The van der Waals surface area contributed by atoms with E-state index in [0.29, 0.717) is 11.4 Å². The highest BCUT2D eigenvalue weighted by Gasteiger charge is 2.11. The van der Waals surface area contributed by atoms with Gasteiger partial charge >= 0.3 is 5.97 Å². The van der Waals surface area contributed by atoms with E-state index in [-0.39, 0.29) is 0 Å². The fraction of sp³-hybridized carbons (Fsp3) is 0.0909. The van der Waals surface area contributed by atoms with Crippen molar-refractivity contribution in [3.63, 3.8) is 0 Å². The minimum absolute atomic E-state index is 0.402. The molecule has 2 aromatic rings. The molecule has 0 bridgehead atoms. The number of nitrogens with zero attached hydrogens (tertiary/aromatic N) is 2. The highest BCUT2D eigenvalue weighted by molar-refractivity contribution is 5.94. The lowest BCUT2D eigenvalue weighted by Gasteiger charge is -2.09. The van der Waals surface area contributed by atoms with E-state index in [9.17, 15) is 4.79 Å². The fourth-order valence-corrected chi connectivity index (χ4v) is 1.30. The lowest BCUT2D eigenvalue weighted by Crippen LogP contribution is -2.13. The molecule has 2 aromatic heterocycles. The van der Waals surface area contributed by atoms with Crippen molar-refractivity contribution in [2.75, 3.05) is 12.5 Å². The molecule has 0 amide bonds. The number of esters is 1. The second kappa shape index (κ2) is 4.48. The standard InChI is InChI=1S/C11H11N3O2/c1-16-11(15)9-5-4-6-12-10(9)13-14-7-2-3-8-14/h2-8H,1H3,(H,12,13). The summed E-state index contributed by atoms with van der Waals surface area (Å²) in [6.45, 7) is 0. The Hall–Kier alpha value is -2.30. The maximum absolute atomic E-state index is 11.5. The molecular formula is C11H11N3O2. The highest BCUT2D eigenvalue weighted by Crippen LogP contribution is 2.12. The summed E-state index contributed by atoms with van der Waals surface area (Å²) in [5.41, 5.74) is 3.37. The van der Waals surface area contributed by atoms with Crippen molar-refractivity contribution in [3.8, 4) is 0 Å². The van der Waals surface area contributed by atoms with Gasteiger partial charge in [0.2, 0.25) is 0 Å². The summed E-state index contributed by atoms with van der Waals surface area (Å²) >= 11 is 0. The minimum Gasteiger partial charge on any atom is -0.465 e. The molecule has 0 saturated carbocycles. The van der Waals surface area contributed by atoms with Crippen molar-refractivity contribution < 1.29 is 9.53 Å². The van der Waals surface area contributed by atoms with Gasteiger partial charge in [-0.1, -0.05) is 0 Å². The van der Waals surface area contributed by atoms with Crippen molar-refractivity contribution >= 4 is 11.8 Å². The summed E-state index contributed by atoms with van der Waals surface area (Å²) < 4.78 is 6.37. The number of carbonyl (C=O) groups is 1. The normalized spacial score (nSPS) is 9.81.